The Morgan fingerprint density at radius 1 is 1.20 bits per heavy atom. The molecule has 1 rings (SSSR count). The topological polar surface area (TPSA) is 52.6 Å². The van der Waals surface area contributed by atoms with Gasteiger partial charge in [-0.2, -0.15) is 0 Å². The number of aliphatic hydroxyl groups is 1. The van der Waals surface area contributed by atoms with Crippen LogP contribution in [0.3, 0.4) is 0 Å². The fourth-order valence-corrected chi connectivity index (χ4v) is 1.87. The molecule has 0 radical (unpaired) electrons. The van der Waals surface area contributed by atoms with Gasteiger partial charge in [0.05, 0.1) is 6.61 Å². The molecule has 88 valence electrons. The Kier molecular flexibility index (Phi) is 6.36. The van der Waals surface area contributed by atoms with Crippen LogP contribution < -0.4 is 5.32 Å². The number of hydrogen-bond acceptors (Lipinski definition) is 3. The molecule has 0 bridgehead atoms. The van der Waals surface area contributed by atoms with Crippen LogP contribution >= 0.6 is 0 Å². The molecule has 4 nitrogen and oxygen atoms in total. The molecule has 0 aliphatic carbocycles. The monoisotopic (exact) mass is 214 g/mol. The fourth-order valence-electron chi connectivity index (χ4n) is 1.87. The minimum absolute atomic E-state index is 0.167. The van der Waals surface area contributed by atoms with E-state index in [9.17, 15) is 4.79 Å². The van der Waals surface area contributed by atoms with Gasteiger partial charge in [0.25, 0.3) is 0 Å². The Hall–Kier alpha value is -0.610. The van der Waals surface area contributed by atoms with Crippen molar-refractivity contribution in [3.8, 4) is 0 Å². The Labute approximate surface area is 91.6 Å². The molecule has 0 saturated carbocycles. The lowest BCUT2D eigenvalue weighted by atomic mass is 10.1. The minimum atomic E-state index is 0.167. The lowest BCUT2D eigenvalue weighted by Crippen LogP contribution is -2.35. The van der Waals surface area contributed by atoms with Crippen molar-refractivity contribution < 1.29 is 9.90 Å². The van der Waals surface area contributed by atoms with Crippen LogP contribution in [-0.2, 0) is 4.79 Å². The maximum atomic E-state index is 11.7. The van der Waals surface area contributed by atoms with Crippen LogP contribution in [0.4, 0.5) is 0 Å². The third-order valence-corrected chi connectivity index (χ3v) is 2.74. The number of hydrogen-bond donors (Lipinski definition) is 2. The molecular formula is C11H22N2O2. The molecule has 4 heteroatoms. The van der Waals surface area contributed by atoms with Gasteiger partial charge in [-0.3, -0.25) is 4.79 Å². The largest absolute Gasteiger partial charge is 0.395 e. The highest BCUT2D eigenvalue weighted by molar-refractivity contribution is 5.76. The van der Waals surface area contributed by atoms with Gasteiger partial charge in [-0.25, -0.2) is 0 Å². The van der Waals surface area contributed by atoms with Gasteiger partial charge in [-0.15, -0.1) is 0 Å². The van der Waals surface area contributed by atoms with Gasteiger partial charge in [0.1, 0.15) is 0 Å². The molecule has 0 aromatic carbocycles. The van der Waals surface area contributed by atoms with Crippen molar-refractivity contribution in [2.75, 3.05) is 32.8 Å². The summed E-state index contributed by atoms with van der Waals surface area (Å²) in [5.41, 5.74) is 0. The van der Waals surface area contributed by atoms with E-state index in [0.29, 0.717) is 18.9 Å². The van der Waals surface area contributed by atoms with E-state index in [4.69, 9.17) is 5.11 Å². The SMILES string of the molecule is O=C(CCCNCCO)N1CCCCC1. The summed E-state index contributed by atoms with van der Waals surface area (Å²) in [7, 11) is 0. The summed E-state index contributed by atoms with van der Waals surface area (Å²) in [5, 5.41) is 11.6. The van der Waals surface area contributed by atoms with Crippen molar-refractivity contribution in [2.24, 2.45) is 0 Å². The van der Waals surface area contributed by atoms with E-state index < -0.39 is 0 Å². The lowest BCUT2D eigenvalue weighted by Gasteiger charge is -2.26. The second kappa shape index (κ2) is 7.65. The third-order valence-electron chi connectivity index (χ3n) is 2.74. The summed E-state index contributed by atoms with van der Waals surface area (Å²) < 4.78 is 0. The number of nitrogens with zero attached hydrogens (tertiary/aromatic N) is 1. The van der Waals surface area contributed by atoms with Crippen LogP contribution in [0.1, 0.15) is 32.1 Å². The molecular weight excluding hydrogens is 192 g/mol. The number of amides is 1. The smallest absolute Gasteiger partial charge is 0.222 e. The molecule has 0 unspecified atom stereocenters. The average Bonchev–Trinajstić information content (AvgIpc) is 2.30. The normalized spacial score (nSPS) is 16.7. The molecule has 1 heterocycles. The first-order chi connectivity index (χ1) is 7.34. The first-order valence-corrected chi connectivity index (χ1v) is 5.94. The van der Waals surface area contributed by atoms with Crippen molar-refractivity contribution >= 4 is 5.91 Å². The number of carbonyl (C=O) groups excluding carboxylic acids is 1. The molecule has 1 fully saturated rings. The van der Waals surface area contributed by atoms with E-state index in [1.54, 1.807) is 0 Å². The van der Waals surface area contributed by atoms with E-state index in [-0.39, 0.29) is 6.61 Å². The van der Waals surface area contributed by atoms with Crippen LogP contribution in [0.2, 0.25) is 0 Å². The van der Waals surface area contributed by atoms with Gasteiger partial charge in [-0.05, 0) is 32.2 Å². The molecule has 1 aliphatic heterocycles. The van der Waals surface area contributed by atoms with E-state index in [0.717, 1.165) is 38.9 Å². The maximum Gasteiger partial charge on any atom is 0.222 e. The molecule has 2 N–H and O–H groups in total. The summed E-state index contributed by atoms with van der Waals surface area (Å²) >= 11 is 0. The van der Waals surface area contributed by atoms with Gasteiger partial charge < -0.3 is 15.3 Å². The molecule has 0 aromatic heterocycles. The fraction of sp³-hybridized carbons (Fsp3) is 0.909. The molecule has 1 amide bonds. The molecule has 0 spiro atoms. The van der Waals surface area contributed by atoms with Gasteiger partial charge in [0.15, 0.2) is 0 Å². The number of piperidine rings is 1. The highest BCUT2D eigenvalue weighted by Crippen LogP contribution is 2.10. The van der Waals surface area contributed by atoms with Crippen LogP contribution in [0.5, 0.6) is 0 Å². The standard InChI is InChI=1S/C11H22N2O2/c14-10-7-12-6-4-5-11(15)13-8-2-1-3-9-13/h12,14H,1-10H2. The number of aliphatic hydroxyl groups excluding tert-OH is 1. The second-order valence-electron chi connectivity index (χ2n) is 4.02. The first kappa shape index (κ1) is 12.5. The Morgan fingerprint density at radius 3 is 2.60 bits per heavy atom. The third kappa shape index (κ3) is 5.14. The van der Waals surface area contributed by atoms with Crippen molar-refractivity contribution in [3.05, 3.63) is 0 Å². The van der Waals surface area contributed by atoms with Crippen LogP contribution in [0.25, 0.3) is 0 Å². The Bertz CT molecular complexity index is 179. The van der Waals surface area contributed by atoms with Crippen LogP contribution in [-0.4, -0.2) is 48.7 Å². The van der Waals surface area contributed by atoms with E-state index in [1.165, 1.54) is 6.42 Å². The van der Waals surface area contributed by atoms with Gasteiger partial charge in [-0.1, -0.05) is 0 Å². The highest BCUT2D eigenvalue weighted by Gasteiger charge is 2.15. The maximum absolute atomic E-state index is 11.7. The highest BCUT2D eigenvalue weighted by atomic mass is 16.3. The van der Waals surface area contributed by atoms with E-state index >= 15 is 0 Å². The van der Waals surface area contributed by atoms with Crippen molar-refractivity contribution in [1.82, 2.24) is 10.2 Å². The molecule has 15 heavy (non-hydrogen) atoms. The summed E-state index contributed by atoms with van der Waals surface area (Å²) in [6, 6.07) is 0. The lowest BCUT2D eigenvalue weighted by molar-refractivity contribution is -0.132. The summed E-state index contributed by atoms with van der Waals surface area (Å²) in [6.45, 7) is 3.50. The Balaban J connectivity index is 2.02. The first-order valence-electron chi connectivity index (χ1n) is 5.94. The summed E-state index contributed by atoms with van der Waals surface area (Å²) in [5.74, 6) is 0.292. The van der Waals surface area contributed by atoms with Crippen molar-refractivity contribution in [1.29, 1.82) is 0 Å². The number of likely N-dealkylation sites (tertiary alicyclic amines) is 1. The zero-order chi connectivity index (χ0) is 10.9. The van der Waals surface area contributed by atoms with Gasteiger partial charge in [0, 0.05) is 26.1 Å². The number of rotatable bonds is 6. The summed E-state index contributed by atoms with van der Waals surface area (Å²) in [4.78, 5) is 13.7. The van der Waals surface area contributed by atoms with E-state index in [2.05, 4.69) is 5.32 Å². The zero-order valence-electron chi connectivity index (χ0n) is 9.37. The molecule has 0 atom stereocenters. The predicted octanol–water partition coefficient (Wildman–Crippen LogP) is 0.361. The molecule has 0 aromatic rings. The average molecular weight is 214 g/mol. The summed E-state index contributed by atoms with van der Waals surface area (Å²) in [6.07, 6.45) is 5.10. The quantitative estimate of drug-likeness (QED) is 0.628. The van der Waals surface area contributed by atoms with Gasteiger partial charge in [0.2, 0.25) is 5.91 Å². The van der Waals surface area contributed by atoms with Crippen molar-refractivity contribution in [2.45, 2.75) is 32.1 Å². The van der Waals surface area contributed by atoms with Crippen molar-refractivity contribution in [3.63, 3.8) is 0 Å². The minimum Gasteiger partial charge on any atom is -0.395 e. The zero-order valence-corrected chi connectivity index (χ0v) is 9.37. The predicted molar refractivity (Wildman–Crippen MR) is 59.6 cm³/mol. The second-order valence-corrected chi connectivity index (χ2v) is 4.02. The van der Waals surface area contributed by atoms with Crippen LogP contribution in [0, 0.1) is 0 Å². The molecule has 1 aliphatic rings. The van der Waals surface area contributed by atoms with Crippen LogP contribution in [0.15, 0.2) is 0 Å². The number of carbonyl (C=O) groups is 1. The van der Waals surface area contributed by atoms with E-state index in [1.807, 2.05) is 4.90 Å². The Morgan fingerprint density at radius 2 is 1.93 bits per heavy atom. The van der Waals surface area contributed by atoms with Gasteiger partial charge >= 0.3 is 0 Å². The number of nitrogens with one attached hydrogen (secondary N) is 1. The molecule has 1 saturated heterocycles.